The summed E-state index contributed by atoms with van der Waals surface area (Å²) >= 11 is 0. The number of carbonyl (C=O) groups is 2. The second kappa shape index (κ2) is 7.58. The Balaban J connectivity index is 1.81. The first-order valence-corrected chi connectivity index (χ1v) is 9.61. The van der Waals surface area contributed by atoms with E-state index in [1.54, 1.807) is 6.20 Å². The number of alkyl halides is 3. The zero-order valence-electron chi connectivity index (χ0n) is 16.6. The summed E-state index contributed by atoms with van der Waals surface area (Å²) in [6, 6.07) is -1.98. The number of β-amino-alcohol motifs (C(OH)–C–C–N with tert-alkyl or cyclic N) is 1. The molecule has 0 bridgehead atoms. The van der Waals surface area contributed by atoms with Crippen molar-refractivity contribution >= 4 is 11.8 Å². The molecule has 8 nitrogen and oxygen atoms in total. The molecule has 1 unspecified atom stereocenters. The molecule has 1 aliphatic carbocycles. The molecule has 29 heavy (non-hydrogen) atoms. The number of carbonyl (C=O) groups excluding carboxylic acids is 2. The van der Waals surface area contributed by atoms with E-state index in [4.69, 9.17) is 0 Å². The van der Waals surface area contributed by atoms with Crippen molar-refractivity contribution in [3.63, 3.8) is 0 Å². The van der Waals surface area contributed by atoms with Crippen LogP contribution in [0.3, 0.4) is 0 Å². The van der Waals surface area contributed by atoms with Gasteiger partial charge in [-0.3, -0.25) is 9.59 Å². The lowest BCUT2D eigenvalue weighted by atomic mass is 9.85. The van der Waals surface area contributed by atoms with Crippen LogP contribution in [0.15, 0.2) is 6.20 Å². The Kier molecular flexibility index (Phi) is 5.63. The fourth-order valence-electron chi connectivity index (χ4n) is 3.63. The van der Waals surface area contributed by atoms with Gasteiger partial charge in [-0.1, -0.05) is 26.0 Å². The predicted octanol–water partition coefficient (Wildman–Crippen LogP) is 1.38. The maximum atomic E-state index is 13.4. The van der Waals surface area contributed by atoms with Crippen molar-refractivity contribution in [1.82, 2.24) is 25.2 Å². The third-order valence-corrected chi connectivity index (χ3v) is 5.17. The van der Waals surface area contributed by atoms with Crippen LogP contribution in [0.1, 0.15) is 57.7 Å². The highest BCUT2D eigenvalue weighted by molar-refractivity contribution is 5.90. The Hall–Kier alpha value is -2.17. The van der Waals surface area contributed by atoms with E-state index in [0.29, 0.717) is 5.92 Å². The van der Waals surface area contributed by atoms with Crippen molar-refractivity contribution in [2.75, 3.05) is 13.1 Å². The summed E-state index contributed by atoms with van der Waals surface area (Å²) in [4.78, 5) is 26.8. The van der Waals surface area contributed by atoms with Crippen LogP contribution in [0.2, 0.25) is 0 Å². The van der Waals surface area contributed by atoms with Gasteiger partial charge in [-0.25, -0.2) is 4.68 Å². The van der Waals surface area contributed by atoms with Gasteiger partial charge in [0, 0.05) is 25.1 Å². The number of rotatable bonds is 5. The first-order chi connectivity index (χ1) is 13.4. The highest BCUT2D eigenvalue weighted by atomic mass is 19.4. The SMILES string of the molecule is CC(C)(C)C(C(=O)N1C[C@H](O)C[C@H]1C(=O)NCC(F)(F)F)n1cc(C2CC2)nn1. The minimum absolute atomic E-state index is 0.114. The molecular weight excluding hydrogens is 391 g/mol. The molecule has 2 aliphatic rings. The molecule has 162 valence electrons. The number of amides is 2. The van der Waals surface area contributed by atoms with Crippen molar-refractivity contribution in [2.45, 2.75) is 70.3 Å². The Morgan fingerprint density at radius 3 is 2.52 bits per heavy atom. The average molecular weight is 417 g/mol. The molecule has 1 aliphatic heterocycles. The van der Waals surface area contributed by atoms with Gasteiger partial charge < -0.3 is 15.3 Å². The summed E-state index contributed by atoms with van der Waals surface area (Å²) in [5, 5.41) is 20.1. The molecule has 3 rings (SSSR count). The summed E-state index contributed by atoms with van der Waals surface area (Å²) in [5.74, 6) is -1.07. The van der Waals surface area contributed by atoms with Crippen LogP contribution in [0.4, 0.5) is 13.2 Å². The maximum Gasteiger partial charge on any atom is 0.405 e. The number of nitrogens with one attached hydrogen (secondary N) is 1. The smallest absolute Gasteiger partial charge is 0.391 e. The maximum absolute atomic E-state index is 13.4. The van der Waals surface area contributed by atoms with Crippen LogP contribution in [-0.4, -0.2) is 68.2 Å². The number of nitrogens with zero attached hydrogens (tertiary/aromatic N) is 4. The summed E-state index contributed by atoms with van der Waals surface area (Å²) < 4.78 is 38.8. The molecule has 1 aromatic rings. The molecule has 0 aromatic carbocycles. The first kappa shape index (κ1) is 21.5. The van der Waals surface area contributed by atoms with Gasteiger partial charge >= 0.3 is 6.18 Å². The molecule has 2 N–H and O–H groups in total. The molecule has 1 saturated carbocycles. The summed E-state index contributed by atoms with van der Waals surface area (Å²) in [5.41, 5.74) is 0.194. The van der Waals surface area contributed by atoms with Crippen LogP contribution in [0.5, 0.6) is 0 Å². The number of likely N-dealkylation sites (tertiary alicyclic amines) is 1. The summed E-state index contributed by atoms with van der Waals surface area (Å²) in [6.07, 6.45) is -1.90. The van der Waals surface area contributed by atoms with Crippen molar-refractivity contribution < 1.29 is 27.9 Å². The standard InChI is InChI=1S/C18H26F3N5O3/c1-17(2,3)14(26-8-12(23-24-26)10-4-5-10)16(29)25-7-11(27)6-13(25)15(28)22-9-18(19,20)21/h8,10-11,13-14,27H,4-7,9H2,1-3H3,(H,22,28)/t11-,13+,14?/m1/s1. The molecule has 0 radical (unpaired) electrons. The van der Waals surface area contributed by atoms with E-state index in [1.807, 2.05) is 26.1 Å². The van der Waals surface area contributed by atoms with Gasteiger partial charge in [-0.05, 0) is 18.3 Å². The summed E-state index contributed by atoms with van der Waals surface area (Å²) in [7, 11) is 0. The second-order valence-electron chi connectivity index (χ2n) is 8.90. The third-order valence-electron chi connectivity index (χ3n) is 5.17. The Labute approximate surface area is 166 Å². The van der Waals surface area contributed by atoms with E-state index in [-0.39, 0.29) is 13.0 Å². The molecule has 0 spiro atoms. The lowest BCUT2D eigenvalue weighted by Gasteiger charge is -2.34. The van der Waals surface area contributed by atoms with Crippen molar-refractivity contribution in [3.8, 4) is 0 Å². The molecule has 2 amide bonds. The van der Waals surface area contributed by atoms with Gasteiger partial charge in [0.1, 0.15) is 18.6 Å². The zero-order chi connectivity index (χ0) is 21.6. The highest BCUT2D eigenvalue weighted by Gasteiger charge is 2.46. The first-order valence-electron chi connectivity index (χ1n) is 9.61. The number of aliphatic hydroxyl groups is 1. The number of hydrogen-bond acceptors (Lipinski definition) is 5. The van der Waals surface area contributed by atoms with E-state index < -0.39 is 48.1 Å². The van der Waals surface area contributed by atoms with E-state index in [1.165, 1.54) is 4.68 Å². The van der Waals surface area contributed by atoms with Crippen LogP contribution in [-0.2, 0) is 9.59 Å². The normalized spacial score (nSPS) is 23.9. The Morgan fingerprint density at radius 2 is 1.97 bits per heavy atom. The summed E-state index contributed by atoms with van der Waals surface area (Å²) in [6.45, 7) is 3.88. The Bertz CT molecular complexity index is 770. The largest absolute Gasteiger partial charge is 0.405 e. The van der Waals surface area contributed by atoms with Gasteiger partial charge in [-0.15, -0.1) is 5.10 Å². The minimum Gasteiger partial charge on any atom is -0.391 e. The van der Waals surface area contributed by atoms with Crippen LogP contribution < -0.4 is 5.32 Å². The number of aliphatic hydroxyl groups excluding tert-OH is 1. The molecule has 2 heterocycles. The fraction of sp³-hybridized carbons (Fsp3) is 0.778. The third kappa shape index (κ3) is 5.06. The predicted molar refractivity (Wildman–Crippen MR) is 95.7 cm³/mol. The molecule has 3 atom stereocenters. The molecule has 11 heteroatoms. The van der Waals surface area contributed by atoms with Crippen LogP contribution in [0, 0.1) is 5.41 Å². The highest BCUT2D eigenvalue weighted by Crippen LogP contribution is 2.40. The van der Waals surface area contributed by atoms with E-state index in [2.05, 4.69) is 10.3 Å². The second-order valence-corrected chi connectivity index (χ2v) is 8.90. The molecule has 1 aromatic heterocycles. The van der Waals surface area contributed by atoms with Crippen molar-refractivity contribution in [2.24, 2.45) is 5.41 Å². The van der Waals surface area contributed by atoms with Gasteiger partial charge in [0.2, 0.25) is 11.8 Å². The topological polar surface area (TPSA) is 100 Å². The van der Waals surface area contributed by atoms with E-state index in [0.717, 1.165) is 23.4 Å². The zero-order valence-corrected chi connectivity index (χ0v) is 16.6. The monoisotopic (exact) mass is 417 g/mol. The van der Waals surface area contributed by atoms with Gasteiger partial charge in [0.25, 0.3) is 0 Å². The average Bonchev–Trinajstić information content (AvgIpc) is 3.20. The van der Waals surface area contributed by atoms with Crippen LogP contribution in [0.25, 0.3) is 0 Å². The Morgan fingerprint density at radius 1 is 1.31 bits per heavy atom. The lowest BCUT2D eigenvalue weighted by molar-refractivity contribution is -0.147. The minimum atomic E-state index is -4.56. The van der Waals surface area contributed by atoms with Gasteiger partial charge in [0.15, 0.2) is 0 Å². The van der Waals surface area contributed by atoms with E-state index in [9.17, 15) is 27.9 Å². The quantitative estimate of drug-likeness (QED) is 0.754. The molecule has 2 fully saturated rings. The van der Waals surface area contributed by atoms with Gasteiger partial charge in [0.05, 0.1) is 11.8 Å². The number of hydrogen-bond donors (Lipinski definition) is 2. The number of halogens is 3. The van der Waals surface area contributed by atoms with Crippen molar-refractivity contribution in [1.29, 1.82) is 0 Å². The van der Waals surface area contributed by atoms with Crippen LogP contribution >= 0.6 is 0 Å². The molecular formula is C18H26F3N5O3. The van der Waals surface area contributed by atoms with E-state index >= 15 is 0 Å². The lowest BCUT2D eigenvalue weighted by Crippen LogP contribution is -2.51. The van der Waals surface area contributed by atoms with Crippen molar-refractivity contribution in [3.05, 3.63) is 11.9 Å². The molecule has 1 saturated heterocycles. The fourth-order valence-corrected chi connectivity index (χ4v) is 3.63. The number of aromatic nitrogens is 3. The van der Waals surface area contributed by atoms with Gasteiger partial charge in [-0.2, -0.15) is 13.2 Å².